The van der Waals surface area contributed by atoms with Gasteiger partial charge in [0.15, 0.2) is 0 Å². The number of hydrogen-bond donors (Lipinski definition) is 2. The third-order valence-corrected chi connectivity index (χ3v) is 5.17. The maximum absolute atomic E-state index is 13.6. The molecular weight excluding hydrogens is 372 g/mol. The Morgan fingerprint density at radius 1 is 1.43 bits per heavy atom. The number of carbonyl (C=O) groups is 1. The number of hydrogen-bond acceptors (Lipinski definition) is 3. The number of benzene rings is 1. The minimum Gasteiger partial charge on any atom is -0.481 e. The van der Waals surface area contributed by atoms with Crippen LogP contribution in [0.25, 0.3) is 0 Å². The monoisotopic (exact) mass is 385 g/mol. The lowest BCUT2D eigenvalue weighted by Gasteiger charge is -2.15. The standard InChI is InChI=1S/C12H14BrF2NO4S/c1-7(3-2-4-11(17)18)16-21(19,20)12-9(13)5-8(14)6-10(12)15/h5-7,16H,2-4H2,1H3,(H,17,18). The minimum absolute atomic E-state index is 0.0827. The Morgan fingerprint density at radius 3 is 2.57 bits per heavy atom. The van der Waals surface area contributed by atoms with Crippen LogP contribution in [0.3, 0.4) is 0 Å². The van der Waals surface area contributed by atoms with Crippen molar-refractivity contribution in [3.63, 3.8) is 0 Å². The molecule has 0 aliphatic carbocycles. The van der Waals surface area contributed by atoms with Crippen LogP contribution in [-0.4, -0.2) is 25.5 Å². The van der Waals surface area contributed by atoms with E-state index in [9.17, 15) is 22.0 Å². The lowest BCUT2D eigenvalue weighted by molar-refractivity contribution is -0.137. The second-order valence-electron chi connectivity index (χ2n) is 4.51. The van der Waals surface area contributed by atoms with E-state index in [-0.39, 0.29) is 23.7 Å². The molecule has 1 aromatic rings. The van der Waals surface area contributed by atoms with Crippen molar-refractivity contribution in [1.82, 2.24) is 4.72 Å². The highest BCUT2D eigenvalue weighted by molar-refractivity contribution is 9.10. The fraction of sp³-hybridized carbons (Fsp3) is 0.417. The molecule has 5 nitrogen and oxygen atoms in total. The van der Waals surface area contributed by atoms with Crippen LogP contribution in [0.2, 0.25) is 0 Å². The van der Waals surface area contributed by atoms with Gasteiger partial charge in [0, 0.05) is 23.0 Å². The molecule has 0 fully saturated rings. The summed E-state index contributed by atoms with van der Waals surface area (Å²) in [5, 5.41) is 8.51. The number of carboxylic acids is 1. The molecule has 0 bridgehead atoms. The fourth-order valence-corrected chi connectivity index (χ4v) is 4.17. The van der Waals surface area contributed by atoms with Gasteiger partial charge in [-0.25, -0.2) is 21.9 Å². The highest BCUT2D eigenvalue weighted by Crippen LogP contribution is 2.26. The molecule has 0 aliphatic heterocycles. The summed E-state index contributed by atoms with van der Waals surface area (Å²) in [5.41, 5.74) is 0. The van der Waals surface area contributed by atoms with Gasteiger partial charge in [-0.15, -0.1) is 0 Å². The summed E-state index contributed by atoms with van der Waals surface area (Å²) in [7, 11) is -4.17. The van der Waals surface area contributed by atoms with Crippen LogP contribution in [0.15, 0.2) is 21.5 Å². The summed E-state index contributed by atoms with van der Waals surface area (Å²) >= 11 is 2.82. The molecule has 0 radical (unpaired) electrons. The molecule has 1 atom stereocenters. The predicted molar refractivity (Wildman–Crippen MR) is 75.3 cm³/mol. The maximum Gasteiger partial charge on any atom is 0.303 e. The number of carboxylic acid groups (broad SMARTS) is 1. The van der Waals surface area contributed by atoms with Crippen molar-refractivity contribution in [2.75, 3.05) is 0 Å². The van der Waals surface area contributed by atoms with Crippen molar-refractivity contribution in [1.29, 1.82) is 0 Å². The van der Waals surface area contributed by atoms with E-state index in [0.29, 0.717) is 6.07 Å². The van der Waals surface area contributed by atoms with Crippen molar-refractivity contribution in [2.24, 2.45) is 0 Å². The number of halogens is 3. The summed E-state index contributed by atoms with van der Waals surface area (Å²) in [5.74, 6) is -3.07. The smallest absolute Gasteiger partial charge is 0.303 e. The topological polar surface area (TPSA) is 83.5 Å². The van der Waals surface area contributed by atoms with Gasteiger partial charge in [-0.2, -0.15) is 0 Å². The summed E-state index contributed by atoms with van der Waals surface area (Å²) in [6.07, 6.45) is 0.485. The van der Waals surface area contributed by atoms with Crippen molar-refractivity contribution in [3.8, 4) is 0 Å². The highest BCUT2D eigenvalue weighted by atomic mass is 79.9. The summed E-state index contributed by atoms with van der Waals surface area (Å²) in [4.78, 5) is 9.71. The van der Waals surface area contributed by atoms with Crippen molar-refractivity contribution < 1.29 is 27.1 Å². The lowest BCUT2D eigenvalue weighted by atomic mass is 10.1. The molecule has 9 heteroatoms. The molecular formula is C12H14BrF2NO4S. The number of sulfonamides is 1. The zero-order valence-electron chi connectivity index (χ0n) is 11.1. The molecule has 1 aromatic carbocycles. The van der Waals surface area contributed by atoms with Gasteiger partial charge >= 0.3 is 5.97 Å². The summed E-state index contributed by atoms with van der Waals surface area (Å²) < 4.78 is 52.8. The zero-order valence-corrected chi connectivity index (χ0v) is 13.5. The van der Waals surface area contributed by atoms with Gasteiger partial charge in [-0.3, -0.25) is 4.79 Å². The van der Waals surface area contributed by atoms with Crippen LogP contribution in [0.5, 0.6) is 0 Å². The minimum atomic E-state index is -4.17. The normalized spacial score (nSPS) is 13.1. The third-order valence-electron chi connectivity index (χ3n) is 2.62. The molecule has 1 unspecified atom stereocenters. The molecule has 0 spiro atoms. The molecule has 1 rings (SSSR count). The Labute approximate surface area is 129 Å². The highest BCUT2D eigenvalue weighted by Gasteiger charge is 2.25. The van der Waals surface area contributed by atoms with E-state index in [0.717, 1.165) is 6.07 Å². The Hall–Kier alpha value is -1.06. The molecule has 0 saturated heterocycles. The third kappa shape index (κ3) is 5.33. The Kier molecular flexibility index (Phi) is 6.24. The second kappa shape index (κ2) is 7.28. The van der Waals surface area contributed by atoms with Gasteiger partial charge in [-0.1, -0.05) is 0 Å². The van der Waals surface area contributed by atoms with E-state index in [2.05, 4.69) is 20.7 Å². The van der Waals surface area contributed by atoms with Gasteiger partial charge in [0.1, 0.15) is 16.5 Å². The summed E-state index contributed by atoms with van der Waals surface area (Å²) in [6.45, 7) is 1.54. The number of nitrogens with one attached hydrogen (secondary N) is 1. The van der Waals surface area contributed by atoms with Crippen LogP contribution < -0.4 is 4.72 Å². The van der Waals surface area contributed by atoms with Crippen LogP contribution in [0.1, 0.15) is 26.2 Å². The average Bonchev–Trinajstić information content (AvgIpc) is 2.24. The van der Waals surface area contributed by atoms with E-state index < -0.39 is 38.6 Å². The van der Waals surface area contributed by atoms with Gasteiger partial charge in [0.05, 0.1) is 0 Å². The molecule has 2 N–H and O–H groups in total. The first kappa shape index (κ1) is 18.0. The van der Waals surface area contributed by atoms with Gasteiger partial charge in [0.25, 0.3) is 0 Å². The largest absolute Gasteiger partial charge is 0.481 e. The van der Waals surface area contributed by atoms with E-state index in [1.54, 1.807) is 0 Å². The first-order chi connectivity index (χ1) is 9.63. The number of aliphatic carboxylic acids is 1. The maximum atomic E-state index is 13.6. The molecule has 21 heavy (non-hydrogen) atoms. The Balaban J connectivity index is 2.85. The molecule has 0 saturated carbocycles. The summed E-state index contributed by atoms with van der Waals surface area (Å²) in [6, 6.07) is 0.756. The lowest BCUT2D eigenvalue weighted by Crippen LogP contribution is -2.33. The molecule has 0 aromatic heterocycles. The van der Waals surface area contributed by atoms with Crippen molar-refractivity contribution in [3.05, 3.63) is 28.2 Å². The van der Waals surface area contributed by atoms with E-state index in [1.165, 1.54) is 6.92 Å². The SMILES string of the molecule is CC(CCCC(=O)O)NS(=O)(=O)c1c(F)cc(F)cc1Br. The average molecular weight is 386 g/mol. The molecule has 118 valence electrons. The van der Waals surface area contributed by atoms with E-state index in [1.807, 2.05) is 0 Å². The quantitative estimate of drug-likeness (QED) is 0.755. The van der Waals surface area contributed by atoms with Crippen molar-refractivity contribution in [2.45, 2.75) is 37.1 Å². The van der Waals surface area contributed by atoms with Crippen LogP contribution in [0.4, 0.5) is 8.78 Å². The molecule has 0 amide bonds. The van der Waals surface area contributed by atoms with Gasteiger partial charge in [-0.05, 0) is 41.8 Å². The zero-order chi connectivity index (χ0) is 16.2. The van der Waals surface area contributed by atoms with Crippen LogP contribution in [0, 0.1) is 11.6 Å². The second-order valence-corrected chi connectivity index (χ2v) is 7.01. The predicted octanol–water partition coefficient (Wildman–Crippen LogP) is 2.65. The van der Waals surface area contributed by atoms with E-state index >= 15 is 0 Å². The van der Waals surface area contributed by atoms with Gasteiger partial charge in [0.2, 0.25) is 10.0 Å². The number of rotatable bonds is 7. The van der Waals surface area contributed by atoms with Crippen LogP contribution in [-0.2, 0) is 14.8 Å². The molecule has 0 aliphatic rings. The van der Waals surface area contributed by atoms with Gasteiger partial charge < -0.3 is 5.11 Å². The van der Waals surface area contributed by atoms with Crippen molar-refractivity contribution >= 4 is 31.9 Å². The van der Waals surface area contributed by atoms with E-state index in [4.69, 9.17) is 5.11 Å². The first-order valence-electron chi connectivity index (χ1n) is 6.02. The fourth-order valence-electron chi connectivity index (χ4n) is 1.73. The molecule has 0 heterocycles. The first-order valence-corrected chi connectivity index (χ1v) is 8.29. The Morgan fingerprint density at radius 2 is 2.05 bits per heavy atom. The van der Waals surface area contributed by atoms with Crippen LogP contribution >= 0.6 is 15.9 Å². The Bertz CT molecular complexity index is 613.